The molecule has 1 aromatic carbocycles. The van der Waals surface area contributed by atoms with Crippen LogP contribution in [-0.2, 0) is 25.6 Å². The molecule has 1 unspecified atom stereocenters. The molecule has 1 aromatic heterocycles. The van der Waals surface area contributed by atoms with Crippen LogP contribution in [0, 0.1) is 0 Å². The molecule has 10 heteroatoms. The zero-order valence-electron chi connectivity index (χ0n) is 23.1. The average molecular weight is 563 g/mol. The molecule has 9 nitrogen and oxygen atoms in total. The molecule has 1 amide bonds. The summed E-state index contributed by atoms with van der Waals surface area (Å²) in [6.45, 7) is 10.9. The first-order valence-corrected chi connectivity index (χ1v) is 14.7. The van der Waals surface area contributed by atoms with Gasteiger partial charge < -0.3 is 24.1 Å². The highest BCUT2D eigenvalue weighted by Crippen LogP contribution is 2.24. The van der Waals surface area contributed by atoms with Crippen LogP contribution in [0.5, 0.6) is 0 Å². The van der Waals surface area contributed by atoms with Gasteiger partial charge in [0.15, 0.2) is 0 Å². The summed E-state index contributed by atoms with van der Waals surface area (Å²) in [6, 6.07) is 11.2. The van der Waals surface area contributed by atoms with Crippen LogP contribution < -0.4 is 4.90 Å². The molecule has 2 fully saturated rings. The summed E-state index contributed by atoms with van der Waals surface area (Å²) in [5.41, 5.74) is 1.74. The van der Waals surface area contributed by atoms with E-state index in [0.29, 0.717) is 37.8 Å². The molecular formula is C29H42N2O7S. The zero-order chi connectivity index (χ0) is 27.9. The monoisotopic (exact) mass is 562 g/mol. The molecule has 39 heavy (non-hydrogen) atoms. The predicted octanol–water partition coefficient (Wildman–Crippen LogP) is 5.03. The van der Waals surface area contributed by atoms with E-state index in [1.165, 1.54) is 11.3 Å². The molecule has 2 aliphatic rings. The molecule has 0 aliphatic carbocycles. The molecule has 216 valence electrons. The molecule has 0 saturated carbocycles. The van der Waals surface area contributed by atoms with Gasteiger partial charge in [0.1, 0.15) is 18.1 Å². The Labute approximate surface area is 235 Å². The van der Waals surface area contributed by atoms with Gasteiger partial charge in [0.05, 0.1) is 32.5 Å². The summed E-state index contributed by atoms with van der Waals surface area (Å²) >= 11 is 1.43. The lowest BCUT2D eigenvalue weighted by Crippen LogP contribution is -2.38. The molecule has 1 atom stereocenters. The van der Waals surface area contributed by atoms with Crippen LogP contribution in [0.3, 0.4) is 0 Å². The number of anilines is 1. The second kappa shape index (κ2) is 17.2. The number of aliphatic hydroxyl groups is 1. The Hall–Kier alpha value is -2.50. The third-order valence-corrected chi connectivity index (χ3v) is 7.53. The van der Waals surface area contributed by atoms with Crippen molar-refractivity contribution in [3.63, 3.8) is 0 Å². The van der Waals surface area contributed by atoms with E-state index in [-0.39, 0.29) is 12.1 Å². The second-order valence-corrected chi connectivity index (χ2v) is 10.5. The number of rotatable bonds is 13. The number of morpholine rings is 1. The summed E-state index contributed by atoms with van der Waals surface area (Å²) in [5.74, 6) is -0.244. The van der Waals surface area contributed by atoms with E-state index >= 15 is 0 Å². The van der Waals surface area contributed by atoms with Crippen molar-refractivity contribution in [2.45, 2.75) is 52.2 Å². The van der Waals surface area contributed by atoms with E-state index in [2.05, 4.69) is 11.8 Å². The van der Waals surface area contributed by atoms with E-state index < -0.39 is 6.10 Å². The van der Waals surface area contributed by atoms with Gasteiger partial charge >= 0.3 is 12.1 Å². The molecule has 0 spiro atoms. The fraction of sp³-hybridized carbons (Fsp3) is 0.586. The Kier molecular flexibility index (Phi) is 13.7. The molecule has 4 rings (SSSR count). The summed E-state index contributed by atoms with van der Waals surface area (Å²) in [7, 11) is 0. The number of amides is 1. The number of thiophene rings is 1. The van der Waals surface area contributed by atoms with Crippen molar-refractivity contribution >= 4 is 29.1 Å². The summed E-state index contributed by atoms with van der Waals surface area (Å²) in [6.07, 6.45) is 3.43. The normalized spacial score (nSPS) is 16.4. The number of hydrogen-bond acceptors (Lipinski definition) is 9. The van der Waals surface area contributed by atoms with Crippen LogP contribution in [0.1, 0.15) is 65.7 Å². The van der Waals surface area contributed by atoms with Gasteiger partial charge in [-0.05, 0) is 43.2 Å². The van der Waals surface area contributed by atoms with Crippen LogP contribution in [0.25, 0.3) is 0 Å². The molecule has 2 aliphatic heterocycles. The summed E-state index contributed by atoms with van der Waals surface area (Å²) in [4.78, 5) is 28.8. The minimum Gasteiger partial charge on any atom is -0.460 e. The SMILES string of the molecule is CCCCCC(O)c1ccc(N2CCOC2=O)cc1.CCOCc1ccc(C(=O)OCCN2CCOCC2)s1. The molecule has 0 bridgehead atoms. The third-order valence-electron chi connectivity index (χ3n) is 6.49. The smallest absolute Gasteiger partial charge is 0.414 e. The van der Waals surface area contributed by atoms with E-state index in [4.69, 9.17) is 18.9 Å². The van der Waals surface area contributed by atoms with Crippen LogP contribution >= 0.6 is 11.3 Å². The minimum absolute atomic E-state index is 0.244. The quantitative estimate of drug-likeness (QED) is 0.268. The fourth-order valence-electron chi connectivity index (χ4n) is 4.19. The topological polar surface area (TPSA) is 97.8 Å². The Morgan fingerprint density at radius 1 is 1.05 bits per heavy atom. The number of carbonyl (C=O) groups excluding carboxylic acids is 2. The molecule has 2 saturated heterocycles. The van der Waals surface area contributed by atoms with Crippen LogP contribution in [0.15, 0.2) is 36.4 Å². The number of esters is 1. The van der Waals surface area contributed by atoms with E-state index in [0.717, 1.165) is 74.7 Å². The molecule has 3 heterocycles. The summed E-state index contributed by atoms with van der Waals surface area (Å²) in [5, 5.41) is 10.1. The number of carbonyl (C=O) groups is 2. The lowest BCUT2D eigenvalue weighted by Gasteiger charge is -2.26. The van der Waals surface area contributed by atoms with Gasteiger partial charge in [-0.1, -0.05) is 38.3 Å². The molecule has 0 radical (unpaired) electrons. The Morgan fingerprint density at radius 2 is 1.82 bits per heavy atom. The van der Waals surface area contributed by atoms with Crippen LogP contribution in [-0.4, -0.2) is 81.3 Å². The first kappa shape index (κ1) is 31.0. The van der Waals surface area contributed by atoms with E-state index in [1.54, 1.807) is 11.0 Å². The van der Waals surface area contributed by atoms with Gasteiger partial charge in [-0.25, -0.2) is 9.59 Å². The minimum atomic E-state index is -0.411. The van der Waals surface area contributed by atoms with E-state index in [9.17, 15) is 14.7 Å². The van der Waals surface area contributed by atoms with E-state index in [1.807, 2.05) is 37.3 Å². The highest BCUT2D eigenvalue weighted by atomic mass is 32.1. The van der Waals surface area contributed by atoms with Crippen molar-refractivity contribution in [3.8, 4) is 0 Å². The van der Waals surface area contributed by atoms with Crippen molar-refractivity contribution in [3.05, 3.63) is 51.7 Å². The number of unbranched alkanes of at least 4 members (excludes halogenated alkanes) is 2. The average Bonchev–Trinajstić information content (AvgIpc) is 3.62. The van der Waals surface area contributed by atoms with Crippen molar-refractivity contribution in [1.82, 2.24) is 4.90 Å². The Bertz CT molecular complexity index is 992. The summed E-state index contributed by atoms with van der Waals surface area (Å²) < 4.78 is 20.8. The van der Waals surface area contributed by atoms with Gasteiger partial charge in [0, 0.05) is 36.8 Å². The number of hydrogen-bond donors (Lipinski definition) is 1. The first-order chi connectivity index (χ1) is 19.0. The number of cyclic esters (lactones) is 1. The Morgan fingerprint density at radius 3 is 2.49 bits per heavy atom. The molecule has 1 N–H and O–H groups in total. The molecular weight excluding hydrogens is 520 g/mol. The second-order valence-electron chi connectivity index (χ2n) is 9.36. The lowest BCUT2D eigenvalue weighted by molar-refractivity contribution is 0.0197. The van der Waals surface area contributed by atoms with Gasteiger partial charge in [-0.3, -0.25) is 9.80 Å². The van der Waals surface area contributed by atoms with Gasteiger partial charge in [-0.2, -0.15) is 0 Å². The largest absolute Gasteiger partial charge is 0.460 e. The maximum atomic E-state index is 11.9. The van der Waals surface area contributed by atoms with Gasteiger partial charge in [0.25, 0.3) is 0 Å². The fourth-order valence-corrected chi connectivity index (χ4v) is 5.03. The maximum absolute atomic E-state index is 11.9. The third kappa shape index (κ3) is 10.5. The van der Waals surface area contributed by atoms with Gasteiger partial charge in [-0.15, -0.1) is 11.3 Å². The number of aliphatic hydroxyl groups excluding tert-OH is 1. The highest BCUT2D eigenvalue weighted by Gasteiger charge is 2.23. The Balaban J connectivity index is 0.000000216. The van der Waals surface area contributed by atoms with Crippen LogP contribution in [0.4, 0.5) is 10.5 Å². The number of nitrogens with zero attached hydrogens (tertiary/aromatic N) is 2. The van der Waals surface area contributed by atoms with Gasteiger partial charge in [0.2, 0.25) is 0 Å². The first-order valence-electron chi connectivity index (χ1n) is 13.9. The highest BCUT2D eigenvalue weighted by molar-refractivity contribution is 7.13. The van der Waals surface area contributed by atoms with Crippen molar-refractivity contribution in [2.24, 2.45) is 0 Å². The standard InChI is InChI=1S/C15H21NO3.C14H21NO4S/c1-2-3-4-5-14(17)12-6-8-13(9-7-12)16-10-11-19-15(16)18;1-2-17-11-12-3-4-13(20-12)14(16)19-10-7-15-5-8-18-9-6-15/h6-9,14,17H,2-5,10-11H2,1H3;3-4H,2,5-11H2,1H3. The molecule has 2 aromatic rings. The van der Waals surface area contributed by atoms with Crippen molar-refractivity contribution in [2.75, 3.05) is 64.1 Å². The van der Waals surface area contributed by atoms with Crippen LogP contribution in [0.2, 0.25) is 0 Å². The van der Waals surface area contributed by atoms with Crippen molar-refractivity contribution < 1.29 is 33.6 Å². The van der Waals surface area contributed by atoms with Crippen molar-refractivity contribution in [1.29, 1.82) is 0 Å². The zero-order valence-corrected chi connectivity index (χ0v) is 24.0. The predicted molar refractivity (Wildman–Crippen MR) is 151 cm³/mol. The maximum Gasteiger partial charge on any atom is 0.414 e. The lowest BCUT2D eigenvalue weighted by atomic mass is 10.0. The number of benzene rings is 1. The number of ether oxygens (including phenoxy) is 4.